The molecule has 4 aromatic heterocycles. The topological polar surface area (TPSA) is 129 Å². The number of fused-ring (bicyclic) bond motifs is 3. The van der Waals surface area contributed by atoms with Crippen molar-refractivity contribution < 1.29 is 9.59 Å². The summed E-state index contributed by atoms with van der Waals surface area (Å²) in [4.78, 5) is 29.5. The molecule has 6 nitrogen and oxygen atoms in total. The van der Waals surface area contributed by atoms with E-state index in [0.29, 0.717) is 39.0 Å². The Balaban J connectivity index is 0.000000137. The lowest BCUT2D eigenvalue weighted by Gasteiger charge is -1.99. The molecule has 254 valence electrons. The lowest BCUT2D eigenvalue weighted by atomic mass is 10.00. The summed E-state index contributed by atoms with van der Waals surface area (Å²) in [6.45, 7) is 9.91. The molecule has 0 fully saturated rings. The molecule has 4 heterocycles. The Morgan fingerprint density at radius 2 is 1.06 bits per heavy atom. The number of thiophene rings is 4. The van der Waals surface area contributed by atoms with Crippen molar-refractivity contribution in [3.05, 3.63) is 152 Å². The van der Waals surface area contributed by atoms with E-state index in [9.17, 15) is 9.59 Å². The Labute approximate surface area is 322 Å². The SMILES string of the molecule is C/C=C1\C(=O)c2ccccc2C1=C(C#N)C#N.C=C1C(=O)c2ccccc2C1=C(C#N)C#N.Cc1c(-c2cccs2)sc2sc(-c3cccs3)c(C)c12. The van der Waals surface area contributed by atoms with Gasteiger partial charge in [0.2, 0.25) is 0 Å². The Hall–Kier alpha value is -6.24. The third-order valence-corrected chi connectivity index (χ3v) is 13.5. The largest absolute Gasteiger partial charge is 0.289 e. The molecule has 2 aromatic carbocycles. The van der Waals surface area contributed by atoms with Crippen molar-refractivity contribution in [2.24, 2.45) is 0 Å². The molecule has 0 bridgehead atoms. The van der Waals surface area contributed by atoms with Gasteiger partial charge in [0.05, 0.1) is 4.01 Å². The lowest BCUT2D eigenvalue weighted by Crippen LogP contribution is -1.94. The zero-order valence-corrected chi connectivity index (χ0v) is 31.9. The van der Waals surface area contributed by atoms with Gasteiger partial charge in [-0.25, -0.2) is 0 Å². The summed E-state index contributed by atoms with van der Waals surface area (Å²) in [6.07, 6.45) is 1.65. The normalized spacial score (nSPS) is 13.2. The summed E-state index contributed by atoms with van der Waals surface area (Å²) in [7, 11) is 0. The number of Topliss-reactive ketones (excluding diaryl/α,β-unsaturated/α-hetero) is 2. The second-order valence-electron chi connectivity index (χ2n) is 11.6. The van der Waals surface area contributed by atoms with Crippen LogP contribution in [0, 0.1) is 59.2 Å². The van der Waals surface area contributed by atoms with E-state index >= 15 is 0 Å². The fraction of sp³-hybridized carbons (Fsp3) is 0.0698. The van der Waals surface area contributed by atoms with Crippen molar-refractivity contribution in [2.75, 3.05) is 0 Å². The quantitative estimate of drug-likeness (QED) is 0.128. The Morgan fingerprint density at radius 3 is 1.47 bits per heavy atom. The van der Waals surface area contributed by atoms with Crippen molar-refractivity contribution >= 4 is 77.5 Å². The van der Waals surface area contributed by atoms with Crippen molar-refractivity contribution in [2.45, 2.75) is 20.8 Å². The Bertz CT molecular complexity index is 2640. The summed E-state index contributed by atoms with van der Waals surface area (Å²) < 4.78 is 1.46. The van der Waals surface area contributed by atoms with Crippen LogP contribution in [-0.4, -0.2) is 11.6 Å². The molecule has 2 aliphatic carbocycles. The molecule has 53 heavy (non-hydrogen) atoms. The lowest BCUT2D eigenvalue weighted by molar-refractivity contribution is 0.103. The monoisotopic (exact) mass is 758 g/mol. The van der Waals surface area contributed by atoms with Gasteiger partial charge in [0.1, 0.15) is 35.4 Å². The van der Waals surface area contributed by atoms with Gasteiger partial charge in [-0.2, -0.15) is 21.0 Å². The van der Waals surface area contributed by atoms with E-state index in [1.807, 2.05) is 57.5 Å². The Morgan fingerprint density at radius 1 is 0.623 bits per heavy atom. The number of hydrogen-bond acceptors (Lipinski definition) is 10. The van der Waals surface area contributed by atoms with Crippen LogP contribution in [0.25, 0.3) is 40.1 Å². The molecule has 0 spiro atoms. The van der Waals surface area contributed by atoms with Gasteiger partial charge in [-0.1, -0.05) is 73.3 Å². The number of rotatable bonds is 2. The van der Waals surface area contributed by atoms with E-state index in [4.69, 9.17) is 21.0 Å². The molecule has 8 rings (SSSR count). The fourth-order valence-electron chi connectivity index (χ4n) is 6.31. The number of ketones is 2. The van der Waals surface area contributed by atoms with Gasteiger partial charge < -0.3 is 0 Å². The number of allylic oxidation sites excluding steroid dienone is 7. The molecule has 0 amide bonds. The van der Waals surface area contributed by atoms with Crippen LogP contribution in [0.1, 0.15) is 49.9 Å². The van der Waals surface area contributed by atoms with Crippen LogP contribution >= 0.6 is 45.3 Å². The molecule has 6 aromatic rings. The predicted octanol–water partition coefficient (Wildman–Crippen LogP) is 11.9. The molecule has 10 heteroatoms. The van der Waals surface area contributed by atoms with E-state index in [1.165, 1.54) is 40.0 Å². The molecule has 0 aliphatic heterocycles. The van der Waals surface area contributed by atoms with Crippen molar-refractivity contribution in [1.82, 2.24) is 0 Å². The minimum Gasteiger partial charge on any atom is -0.289 e. The summed E-state index contributed by atoms with van der Waals surface area (Å²) in [5.74, 6) is -0.338. The van der Waals surface area contributed by atoms with E-state index in [2.05, 4.69) is 55.5 Å². The van der Waals surface area contributed by atoms with Gasteiger partial charge in [0, 0.05) is 58.3 Å². The van der Waals surface area contributed by atoms with Crippen molar-refractivity contribution in [1.29, 1.82) is 21.0 Å². The van der Waals surface area contributed by atoms with E-state index < -0.39 is 0 Å². The number of nitriles is 4. The standard InChI is InChI=1S/C16H12S4.C14H8N2O.C13H6N2O/c1-9-13-10(2)15(12-6-4-8-18-12)20-16(13)19-14(9)11-5-3-7-17-11;1-2-10-13(9(7-15)8-16)11-5-3-4-6-12(11)14(10)17;1-8-12(9(6-14)7-15)10-4-2-3-5-11(10)13(8)16/h3-8H,1-2H3;2-6H,1H3;2-5H,1H2/b;10-2-;. The second kappa shape index (κ2) is 15.6. The van der Waals surface area contributed by atoms with E-state index in [1.54, 1.807) is 73.7 Å². The molecule has 0 atom stereocenters. The highest BCUT2D eigenvalue weighted by Crippen LogP contribution is 2.49. The summed E-state index contributed by atoms with van der Waals surface area (Å²) >= 11 is 7.56. The molecular formula is C43H26N4O2S4. The minimum atomic E-state index is -0.214. The Kier molecular flexibility index (Phi) is 10.7. The first kappa shape index (κ1) is 36.5. The molecule has 0 unspecified atom stereocenters. The van der Waals surface area contributed by atoms with Crippen molar-refractivity contribution in [3.63, 3.8) is 0 Å². The summed E-state index contributed by atoms with van der Waals surface area (Å²) in [6, 6.07) is 29.9. The maximum atomic E-state index is 12.1. The first-order chi connectivity index (χ1) is 25.7. The second-order valence-corrected chi connectivity index (χ2v) is 15.8. The molecule has 0 saturated carbocycles. The number of carbonyl (C=O) groups is 2. The summed E-state index contributed by atoms with van der Waals surface area (Å²) in [5, 5.41) is 41.3. The van der Waals surface area contributed by atoms with Crippen molar-refractivity contribution in [3.8, 4) is 43.8 Å². The predicted molar refractivity (Wildman–Crippen MR) is 217 cm³/mol. The van der Waals surface area contributed by atoms with Gasteiger partial charge in [0.25, 0.3) is 0 Å². The van der Waals surface area contributed by atoms with Crippen LogP contribution in [0.3, 0.4) is 0 Å². The zero-order chi connectivity index (χ0) is 37.8. The molecule has 0 radical (unpaired) electrons. The third-order valence-electron chi connectivity index (χ3n) is 8.72. The van der Waals surface area contributed by atoms with Crippen LogP contribution in [0.5, 0.6) is 0 Å². The maximum Gasteiger partial charge on any atom is 0.194 e. The molecular weight excluding hydrogens is 733 g/mol. The van der Waals surface area contributed by atoms with Gasteiger partial charge in [-0.15, -0.1) is 45.3 Å². The average molecular weight is 759 g/mol. The zero-order valence-electron chi connectivity index (χ0n) is 28.6. The molecule has 0 saturated heterocycles. The highest BCUT2D eigenvalue weighted by molar-refractivity contribution is 7.42. The van der Waals surface area contributed by atoms with Gasteiger partial charge in [-0.05, 0) is 65.9 Å². The molecule has 0 N–H and O–H groups in total. The van der Waals surface area contributed by atoms with E-state index in [0.717, 1.165) is 0 Å². The number of nitrogens with zero attached hydrogens (tertiary/aromatic N) is 4. The van der Waals surface area contributed by atoms with Gasteiger partial charge in [0.15, 0.2) is 11.6 Å². The first-order valence-electron chi connectivity index (χ1n) is 16.0. The minimum absolute atomic E-state index is 0.0172. The number of carbonyl (C=O) groups excluding carboxylic acids is 2. The molecule has 2 aliphatic rings. The number of aryl methyl sites for hydroxylation is 2. The van der Waals surface area contributed by atoms with Gasteiger partial charge in [-0.3, -0.25) is 9.59 Å². The van der Waals surface area contributed by atoms with E-state index in [-0.39, 0.29) is 28.3 Å². The van der Waals surface area contributed by atoms with Crippen LogP contribution in [0.4, 0.5) is 0 Å². The van der Waals surface area contributed by atoms with Crippen LogP contribution in [-0.2, 0) is 0 Å². The smallest absolute Gasteiger partial charge is 0.194 e. The fourth-order valence-corrected chi connectivity index (χ4v) is 11.0. The summed E-state index contributed by atoms with van der Waals surface area (Å²) in [5.41, 5.74) is 6.64. The van der Waals surface area contributed by atoms with Crippen LogP contribution in [0.15, 0.2) is 119 Å². The average Bonchev–Trinajstić information content (AvgIpc) is 4.05. The highest BCUT2D eigenvalue weighted by atomic mass is 32.2. The number of hydrogen-bond donors (Lipinski definition) is 0. The number of benzene rings is 2. The first-order valence-corrected chi connectivity index (χ1v) is 19.4. The highest BCUT2D eigenvalue weighted by Gasteiger charge is 2.32. The van der Waals surface area contributed by atoms with Gasteiger partial charge >= 0.3 is 0 Å². The maximum absolute atomic E-state index is 12.1. The third kappa shape index (κ3) is 6.54. The van der Waals surface area contributed by atoms with Crippen LogP contribution < -0.4 is 0 Å². The van der Waals surface area contributed by atoms with Crippen LogP contribution in [0.2, 0.25) is 0 Å².